The predicted octanol–water partition coefficient (Wildman–Crippen LogP) is -1.52. The van der Waals surface area contributed by atoms with Crippen LogP contribution in [-0.4, -0.2) is 74.5 Å². The van der Waals surface area contributed by atoms with Gasteiger partial charge in [-0.15, -0.1) is 0 Å². The number of hydrogen-bond acceptors (Lipinski definition) is 4. The van der Waals surface area contributed by atoms with E-state index in [1.807, 2.05) is 11.8 Å². The van der Waals surface area contributed by atoms with Gasteiger partial charge >= 0.3 is 0 Å². The molecule has 6 nitrogen and oxygen atoms in total. The van der Waals surface area contributed by atoms with Crippen molar-refractivity contribution in [1.29, 1.82) is 0 Å². The number of amides is 2. The second-order valence-electron chi connectivity index (χ2n) is 4.37. The molecule has 98 valence electrons. The lowest BCUT2D eigenvalue weighted by Gasteiger charge is -2.35. The summed E-state index contributed by atoms with van der Waals surface area (Å²) in [5.74, 6) is 0.0208. The van der Waals surface area contributed by atoms with E-state index in [-0.39, 0.29) is 17.9 Å². The lowest BCUT2D eigenvalue weighted by molar-refractivity contribution is -0.133. The van der Waals surface area contributed by atoms with Gasteiger partial charge in [0.15, 0.2) is 0 Å². The molecular formula is C11H22N4O2. The van der Waals surface area contributed by atoms with Crippen LogP contribution in [0.25, 0.3) is 0 Å². The Morgan fingerprint density at radius 1 is 1.47 bits per heavy atom. The summed E-state index contributed by atoms with van der Waals surface area (Å²) in [5, 5.41) is 5.98. The first-order valence-electron chi connectivity index (χ1n) is 5.99. The van der Waals surface area contributed by atoms with Gasteiger partial charge in [0.1, 0.15) is 6.04 Å². The van der Waals surface area contributed by atoms with Crippen LogP contribution in [0, 0.1) is 0 Å². The van der Waals surface area contributed by atoms with E-state index in [1.54, 1.807) is 19.0 Å². The Morgan fingerprint density at radius 3 is 2.76 bits per heavy atom. The SMILES string of the molecule is CCNC(=O)C1CNCCN1CC(=O)N(C)C. The highest BCUT2D eigenvalue weighted by Gasteiger charge is 2.29. The molecule has 0 aromatic heterocycles. The molecule has 1 saturated heterocycles. The third-order valence-electron chi connectivity index (χ3n) is 2.85. The maximum atomic E-state index is 11.8. The lowest BCUT2D eigenvalue weighted by Crippen LogP contribution is -2.59. The molecule has 1 heterocycles. The lowest BCUT2D eigenvalue weighted by atomic mass is 10.1. The summed E-state index contributed by atoms with van der Waals surface area (Å²) >= 11 is 0. The van der Waals surface area contributed by atoms with Crippen LogP contribution >= 0.6 is 0 Å². The molecule has 1 atom stereocenters. The third kappa shape index (κ3) is 3.98. The average Bonchev–Trinajstić information content (AvgIpc) is 2.29. The van der Waals surface area contributed by atoms with Gasteiger partial charge in [-0.2, -0.15) is 0 Å². The van der Waals surface area contributed by atoms with Gasteiger partial charge in [0.05, 0.1) is 6.54 Å². The molecular weight excluding hydrogens is 220 g/mol. The van der Waals surface area contributed by atoms with E-state index in [4.69, 9.17) is 0 Å². The first-order chi connectivity index (χ1) is 8.06. The van der Waals surface area contributed by atoms with E-state index in [9.17, 15) is 9.59 Å². The van der Waals surface area contributed by atoms with Gasteiger partial charge < -0.3 is 15.5 Å². The van der Waals surface area contributed by atoms with Gasteiger partial charge in [-0.25, -0.2) is 0 Å². The molecule has 2 amide bonds. The highest BCUT2D eigenvalue weighted by molar-refractivity contribution is 5.83. The number of likely N-dealkylation sites (N-methyl/N-ethyl adjacent to an activating group) is 2. The first-order valence-corrected chi connectivity index (χ1v) is 5.99. The van der Waals surface area contributed by atoms with E-state index in [1.165, 1.54) is 0 Å². The normalized spacial score (nSPS) is 21.0. The van der Waals surface area contributed by atoms with Crippen molar-refractivity contribution in [3.63, 3.8) is 0 Å². The van der Waals surface area contributed by atoms with Crippen LogP contribution in [0.15, 0.2) is 0 Å². The Morgan fingerprint density at radius 2 is 2.18 bits per heavy atom. The van der Waals surface area contributed by atoms with Gasteiger partial charge in [0.25, 0.3) is 0 Å². The highest BCUT2D eigenvalue weighted by atomic mass is 16.2. The largest absolute Gasteiger partial charge is 0.355 e. The summed E-state index contributed by atoms with van der Waals surface area (Å²) in [6.45, 7) is 4.95. The third-order valence-corrected chi connectivity index (χ3v) is 2.85. The second kappa shape index (κ2) is 6.56. The second-order valence-corrected chi connectivity index (χ2v) is 4.37. The topological polar surface area (TPSA) is 64.7 Å². The van der Waals surface area contributed by atoms with Crippen molar-refractivity contribution in [2.45, 2.75) is 13.0 Å². The molecule has 0 bridgehead atoms. The number of piperazine rings is 1. The molecule has 0 radical (unpaired) electrons. The van der Waals surface area contributed by atoms with E-state index in [2.05, 4.69) is 10.6 Å². The van der Waals surface area contributed by atoms with Gasteiger partial charge in [-0.05, 0) is 6.92 Å². The Bertz CT molecular complexity index is 281. The zero-order valence-corrected chi connectivity index (χ0v) is 10.8. The van der Waals surface area contributed by atoms with Crippen LogP contribution in [0.2, 0.25) is 0 Å². The van der Waals surface area contributed by atoms with E-state index >= 15 is 0 Å². The highest BCUT2D eigenvalue weighted by Crippen LogP contribution is 2.04. The summed E-state index contributed by atoms with van der Waals surface area (Å²) < 4.78 is 0. The smallest absolute Gasteiger partial charge is 0.238 e. The van der Waals surface area contributed by atoms with Crippen molar-refractivity contribution in [2.75, 3.05) is 46.8 Å². The number of carbonyl (C=O) groups excluding carboxylic acids is 2. The molecule has 1 aliphatic heterocycles. The zero-order chi connectivity index (χ0) is 12.8. The van der Waals surface area contributed by atoms with Crippen LogP contribution in [-0.2, 0) is 9.59 Å². The molecule has 1 fully saturated rings. The summed E-state index contributed by atoms with van der Waals surface area (Å²) in [6, 6.07) is -0.243. The Labute approximate surface area is 102 Å². The Hall–Kier alpha value is -1.14. The van der Waals surface area contributed by atoms with Crippen molar-refractivity contribution in [3.05, 3.63) is 0 Å². The number of carbonyl (C=O) groups is 2. The Kier molecular flexibility index (Phi) is 5.37. The molecule has 1 aliphatic rings. The van der Waals surface area contributed by atoms with Crippen molar-refractivity contribution in [3.8, 4) is 0 Å². The van der Waals surface area contributed by atoms with Crippen molar-refractivity contribution < 1.29 is 9.59 Å². The van der Waals surface area contributed by atoms with Crippen molar-refractivity contribution in [2.24, 2.45) is 0 Å². The van der Waals surface area contributed by atoms with Crippen LogP contribution in [0.4, 0.5) is 0 Å². The maximum Gasteiger partial charge on any atom is 0.238 e. The molecule has 17 heavy (non-hydrogen) atoms. The minimum Gasteiger partial charge on any atom is -0.355 e. The standard InChI is InChI=1S/C11H22N4O2/c1-4-13-11(17)9-7-12-5-6-15(9)8-10(16)14(2)3/h9,12H,4-8H2,1-3H3,(H,13,17). The molecule has 6 heteroatoms. The number of hydrogen-bond donors (Lipinski definition) is 2. The van der Waals surface area contributed by atoms with Gasteiger partial charge in [0, 0.05) is 40.3 Å². The summed E-state index contributed by atoms with van der Waals surface area (Å²) in [6.07, 6.45) is 0. The number of rotatable bonds is 4. The monoisotopic (exact) mass is 242 g/mol. The van der Waals surface area contributed by atoms with Crippen LogP contribution in [0.1, 0.15) is 6.92 Å². The molecule has 1 unspecified atom stereocenters. The molecule has 1 rings (SSSR count). The Balaban J connectivity index is 2.59. The molecule has 0 saturated carbocycles. The van der Waals surface area contributed by atoms with Gasteiger partial charge in [-0.3, -0.25) is 14.5 Å². The first kappa shape index (κ1) is 13.9. The molecule has 0 aliphatic carbocycles. The van der Waals surface area contributed by atoms with Gasteiger partial charge in [0.2, 0.25) is 11.8 Å². The zero-order valence-electron chi connectivity index (χ0n) is 10.8. The quantitative estimate of drug-likeness (QED) is 0.629. The van der Waals surface area contributed by atoms with Crippen molar-refractivity contribution >= 4 is 11.8 Å². The fraction of sp³-hybridized carbons (Fsp3) is 0.818. The predicted molar refractivity (Wildman–Crippen MR) is 65.6 cm³/mol. The van der Waals surface area contributed by atoms with E-state index < -0.39 is 0 Å². The molecule has 0 spiro atoms. The van der Waals surface area contributed by atoms with E-state index in [0.29, 0.717) is 19.6 Å². The minimum absolute atomic E-state index is 0.00810. The summed E-state index contributed by atoms with van der Waals surface area (Å²) in [5.41, 5.74) is 0. The summed E-state index contributed by atoms with van der Waals surface area (Å²) in [7, 11) is 3.46. The molecule has 0 aromatic rings. The van der Waals surface area contributed by atoms with Crippen LogP contribution in [0.5, 0.6) is 0 Å². The molecule has 2 N–H and O–H groups in total. The fourth-order valence-corrected chi connectivity index (χ4v) is 1.80. The van der Waals surface area contributed by atoms with E-state index in [0.717, 1.165) is 13.1 Å². The minimum atomic E-state index is -0.243. The maximum absolute atomic E-state index is 11.8. The fourth-order valence-electron chi connectivity index (χ4n) is 1.80. The van der Waals surface area contributed by atoms with Gasteiger partial charge in [-0.1, -0.05) is 0 Å². The average molecular weight is 242 g/mol. The number of nitrogens with zero attached hydrogens (tertiary/aromatic N) is 2. The summed E-state index contributed by atoms with van der Waals surface area (Å²) in [4.78, 5) is 27.0. The van der Waals surface area contributed by atoms with Crippen LogP contribution < -0.4 is 10.6 Å². The van der Waals surface area contributed by atoms with Crippen molar-refractivity contribution in [1.82, 2.24) is 20.4 Å². The van der Waals surface area contributed by atoms with Crippen LogP contribution in [0.3, 0.4) is 0 Å². The number of nitrogens with one attached hydrogen (secondary N) is 2. The molecule has 0 aromatic carbocycles.